The number of hydrogen-bond acceptors (Lipinski definition) is 7. The molecule has 178 valence electrons. The van der Waals surface area contributed by atoms with Crippen LogP contribution in [-0.4, -0.2) is 43.9 Å². The van der Waals surface area contributed by atoms with Crippen molar-refractivity contribution in [3.63, 3.8) is 0 Å². The summed E-state index contributed by atoms with van der Waals surface area (Å²) in [6.45, 7) is 1.43. The molecule has 0 radical (unpaired) electrons. The van der Waals surface area contributed by atoms with Crippen molar-refractivity contribution in [3.05, 3.63) is 76.6 Å². The van der Waals surface area contributed by atoms with E-state index in [0.29, 0.717) is 33.9 Å². The number of carbonyl (C=O) groups is 3. The van der Waals surface area contributed by atoms with Crippen LogP contribution < -0.4 is 19.9 Å². The summed E-state index contributed by atoms with van der Waals surface area (Å²) in [5, 5.41) is 10.5. The number of primary amides is 1. The fourth-order valence-corrected chi connectivity index (χ4v) is 3.09. The van der Waals surface area contributed by atoms with Crippen LogP contribution in [0.2, 0.25) is 0 Å². The van der Waals surface area contributed by atoms with Crippen molar-refractivity contribution in [2.24, 2.45) is 5.73 Å². The van der Waals surface area contributed by atoms with E-state index >= 15 is 0 Å². The van der Waals surface area contributed by atoms with Crippen LogP contribution in [0.5, 0.6) is 17.2 Å². The Labute approximate surface area is 197 Å². The van der Waals surface area contributed by atoms with Gasteiger partial charge in [0, 0.05) is 0 Å². The number of amides is 1. The van der Waals surface area contributed by atoms with Crippen molar-refractivity contribution >= 4 is 29.6 Å². The summed E-state index contributed by atoms with van der Waals surface area (Å²) in [4.78, 5) is 35.9. The van der Waals surface area contributed by atoms with E-state index in [1.54, 1.807) is 42.5 Å². The smallest absolute Gasteiger partial charge is 0.222 e. The highest BCUT2D eigenvalue weighted by molar-refractivity contribution is 6.09. The molecular formula is C26H27NO7. The van der Waals surface area contributed by atoms with Gasteiger partial charge in [-0.15, -0.1) is 0 Å². The van der Waals surface area contributed by atoms with E-state index in [1.807, 2.05) is 0 Å². The molecule has 2 rings (SSSR count). The predicted octanol–water partition coefficient (Wildman–Crippen LogP) is 3.90. The van der Waals surface area contributed by atoms with Crippen LogP contribution in [0.4, 0.5) is 0 Å². The Kier molecular flexibility index (Phi) is 9.19. The van der Waals surface area contributed by atoms with Crippen molar-refractivity contribution < 1.29 is 33.7 Å². The number of Topliss-reactive ketones (excluding diaryl/α,β-unsaturated/α-hetero) is 1. The normalized spacial score (nSPS) is 11.9. The maximum Gasteiger partial charge on any atom is 0.222 e. The second-order valence-corrected chi connectivity index (χ2v) is 7.17. The average Bonchev–Trinajstić information content (AvgIpc) is 2.83. The highest BCUT2D eigenvalue weighted by atomic mass is 16.5. The quantitative estimate of drug-likeness (QED) is 0.223. The van der Waals surface area contributed by atoms with Gasteiger partial charge in [0.15, 0.2) is 23.1 Å². The molecule has 0 saturated carbocycles. The number of ether oxygens (including phenoxy) is 3. The van der Waals surface area contributed by atoms with E-state index in [1.165, 1.54) is 46.5 Å². The second kappa shape index (κ2) is 12.1. The fourth-order valence-electron chi connectivity index (χ4n) is 3.09. The van der Waals surface area contributed by atoms with E-state index in [2.05, 4.69) is 0 Å². The van der Waals surface area contributed by atoms with Crippen LogP contribution in [0.1, 0.15) is 34.8 Å². The lowest BCUT2D eigenvalue weighted by Gasteiger charge is -2.08. The maximum atomic E-state index is 12.8. The molecule has 2 aromatic carbocycles. The first-order valence-corrected chi connectivity index (χ1v) is 10.2. The van der Waals surface area contributed by atoms with E-state index in [0.717, 1.165) is 0 Å². The molecule has 0 bridgehead atoms. The van der Waals surface area contributed by atoms with Crippen LogP contribution in [0, 0.1) is 0 Å². The Bertz CT molecular complexity index is 1180. The molecule has 0 aliphatic rings. The lowest BCUT2D eigenvalue weighted by Crippen LogP contribution is -2.15. The van der Waals surface area contributed by atoms with E-state index in [-0.39, 0.29) is 11.4 Å². The molecular weight excluding hydrogens is 438 g/mol. The van der Waals surface area contributed by atoms with Gasteiger partial charge in [-0.1, -0.05) is 24.3 Å². The summed E-state index contributed by atoms with van der Waals surface area (Å²) in [6, 6.07) is 9.97. The zero-order valence-corrected chi connectivity index (χ0v) is 19.5. The largest absolute Gasteiger partial charge is 0.508 e. The highest BCUT2D eigenvalue weighted by Gasteiger charge is 2.15. The van der Waals surface area contributed by atoms with Gasteiger partial charge in [0.05, 0.1) is 38.9 Å². The standard InChI is InChI=1S/C26H27NO7/c1-16(28)19-9-5-17(13-24(19)33-3)6-10-21(29)20(15-26(27)31)22(30)11-7-18-8-12-23(32-2)25(14-18)34-4/h5-14,30H,15H2,1-4H3,(H2,27,31)/b10-6+,11-7+,22-20-. The van der Waals surface area contributed by atoms with Gasteiger partial charge in [0.2, 0.25) is 5.91 Å². The van der Waals surface area contributed by atoms with Gasteiger partial charge < -0.3 is 25.1 Å². The van der Waals surface area contributed by atoms with Gasteiger partial charge in [-0.05, 0) is 54.5 Å². The first-order valence-electron chi connectivity index (χ1n) is 10.2. The number of aliphatic hydroxyl groups excluding tert-OH is 1. The number of allylic oxidation sites excluding steroid dienone is 2. The minimum atomic E-state index is -0.768. The first kappa shape index (κ1) is 25.9. The second-order valence-electron chi connectivity index (χ2n) is 7.17. The number of carbonyl (C=O) groups excluding carboxylic acids is 3. The monoisotopic (exact) mass is 465 g/mol. The molecule has 0 aliphatic heterocycles. The zero-order chi connectivity index (χ0) is 25.3. The van der Waals surface area contributed by atoms with Crippen LogP contribution in [0.3, 0.4) is 0 Å². The van der Waals surface area contributed by atoms with Gasteiger partial charge in [0.1, 0.15) is 11.5 Å². The number of ketones is 2. The molecule has 0 heterocycles. The number of benzene rings is 2. The fraction of sp³-hybridized carbons (Fsp3) is 0.192. The molecule has 8 heteroatoms. The summed E-state index contributed by atoms with van der Waals surface area (Å²) in [5.41, 5.74) is 6.79. The molecule has 3 N–H and O–H groups in total. The zero-order valence-electron chi connectivity index (χ0n) is 19.5. The lowest BCUT2D eigenvalue weighted by atomic mass is 10.0. The molecule has 0 spiro atoms. The number of hydrogen-bond donors (Lipinski definition) is 2. The van der Waals surface area contributed by atoms with Gasteiger partial charge in [-0.3, -0.25) is 14.4 Å². The first-order chi connectivity index (χ1) is 16.2. The van der Waals surface area contributed by atoms with E-state index in [4.69, 9.17) is 19.9 Å². The summed E-state index contributed by atoms with van der Waals surface area (Å²) in [7, 11) is 4.46. The Morgan fingerprint density at radius 3 is 1.97 bits per heavy atom. The van der Waals surface area contributed by atoms with Crippen molar-refractivity contribution in [1.82, 2.24) is 0 Å². The average molecular weight is 466 g/mol. The molecule has 0 unspecified atom stereocenters. The number of rotatable bonds is 11. The Hall–Kier alpha value is -4.33. The summed E-state index contributed by atoms with van der Waals surface area (Å²) >= 11 is 0. The summed E-state index contributed by atoms with van der Waals surface area (Å²) in [6.07, 6.45) is 5.11. The van der Waals surface area contributed by atoms with Crippen LogP contribution >= 0.6 is 0 Å². The minimum Gasteiger partial charge on any atom is -0.508 e. The van der Waals surface area contributed by atoms with Crippen LogP contribution in [0.15, 0.2) is 59.9 Å². The van der Waals surface area contributed by atoms with E-state index in [9.17, 15) is 19.5 Å². The molecule has 0 saturated heterocycles. The Morgan fingerprint density at radius 1 is 0.853 bits per heavy atom. The van der Waals surface area contributed by atoms with Crippen molar-refractivity contribution in [3.8, 4) is 17.2 Å². The molecule has 1 amide bonds. The van der Waals surface area contributed by atoms with Gasteiger partial charge in [0.25, 0.3) is 0 Å². The number of aliphatic hydroxyl groups is 1. The van der Waals surface area contributed by atoms with Crippen LogP contribution in [-0.2, 0) is 9.59 Å². The van der Waals surface area contributed by atoms with Gasteiger partial charge in [-0.25, -0.2) is 0 Å². The van der Waals surface area contributed by atoms with Crippen molar-refractivity contribution in [2.45, 2.75) is 13.3 Å². The molecule has 34 heavy (non-hydrogen) atoms. The van der Waals surface area contributed by atoms with Gasteiger partial charge in [-0.2, -0.15) is 0 Å². The van der Waals surface area contributed by atoms with Gasteiger partial charge >= 0.3 is 0 Å². The molecule has 0 aromatic heterocycles. The topological polar surface area (TPSA) is 125 Å². The predicted molar refractivity (Wildman–Crippen MR) is 129 cm³/mol. The molecule has 8 nitrogen and oxygen atoms in total. The third kappa shape index (κ3) is 6.83. The van der Waals surface area contributed by atoms with E-state index < -0.39 is 23.9 Å². The summed E-state index contributed by atoms with van der Waals surface area (Å²) < 4.78 is 15.7. The minimum absolute atomic E-state index is 0.152. The Balaban J connectivity index is 2.33. The molecule has 2 aromatic rings. The highest BCUT2D eigenvalue weighted by Crippen LogP contribution is 2.28. The lowest BCUT2D eigenvalue weighted by molar-refractivity contribution is -0.119. The third-order valence-corrected chi connectivity index (χ3v) is 4.83. The molecule has 0 fully saturated rings. The number of nitrogens with two attached hydrogens (primary N) is 1. The maximum absolute atomic E-state index is 12.8. The van der Waals surface area contributed by atoms with Crippen LogP contribution in [0.25, 0.3) is 12.2 Å². The third-order valence-electron chi connectivity index (χ3n) is 4.83. The molecule has 0 atom stereocenters. The Morgan fingerprint density at radius 2 is 1.41 bits per heavy atom. The number of methoxy groups -OCH3 is 3. The molecule has 0 aliphatic carbocycles. The van der Waals surface area contributed by atoms with Crippen molar-refractivity contribution in [1.29, 1.82) is 0 Å². The SMILES string of the molecule is COc1ccc(/C=C/C(O)=C(\CC(N)=O)C(=O)/C=C/c2ccc(C(C)=O)c(OC)c2)cc1OC. The summed E-state index contributed by atoms with van der Waals surface area (Å²) in [5.74, 6) is -0.499. The van der Waals surface area contributed by atoms with Crippen molar-refractivity contribution in [2.75, 3.05) is 21.3 Å².